The lowest BCUT2D eigenvalue weighted by Gasteiger charge is -2.03. The lowest BCUT2D eigenvalue weighted by molar-refractivity contribution is -0.110. The Morgan fingerprint density at radius 3 is 2.59 bits per heavy atom. The Morgan fingerprint density at radius 2 is 1.91 bits per heavy atom. The normalized spacial score (nSPS) is 16.3. The van der Waals surface area contributed by atoms with Crippen molar-refractivity contribution in [2.75, 3.05) is 10.7 Å². The van der Waals surface area contributed by atoms with Crippen molar-refractivity contribution in [1.29, 1.82) is 0 Å². The number of amides is 1. The van der Waals surface area contributed by atoms with Crippen molar-refractivity contribution in [3.63, 3.8) is 0 Å². The first-order valence-electron chi connectivity index (χ1n) is 6.51. The molecular formula is C15H13N3O3S. The molecule has 0 saturated carbocycles. The molecule has 1 atom stereocenters. The van der Waals surface area contributed by atoms with Crippen molar-refractivity contribution < 1.29 is 13.6 Å². The van der Waals surface area contributed by atoms with Crippen LogP contribution in [0.4, 0.5) is 11.4 Å². The zero-order chi connectivity index (χ0) is 15.7. The molecule has 0 bridgehead atoms. The first kappa shape index (κ1) is 14.4. The number of hydrogen-bond donors (Lipinski definition) is 3. The van der Waals surface area contributed by atoms with Gasteiger partial charge in [0.15, 0.2) is 16.8 Å². The van der Waals surface area contributed by atoms with Gasteiger partial charge in [-0.15, -0.1) is 0 Å². The molecule has 2 aromatic carbocycles. The summed E-state index contributed by atoms with van der Waals surface area (Å²) < 4.78 is 20.3. The highest BCUT2D eigenvalue weighted by Gasteiger charge is 2.27. The van der Waals surface area contributed by atoms with Crippen LogP contribution in [0, 0.1) is 6.92 Å². The molecule has 3 rings (SSSR count). The van der Waals surface area contributed by atoms with Crippen LogP contribution < -0.4 is 10.7 Å². The molecular weight excluding hydrogens is 302 g/mol. The molecule has 1 aliphatic heterocycles. The molecule has 0 saturated heterocycles. The summed E-state index contributed by atoms with van der Waals surface area (Å²) in [6.07, 6.45) is 0. The standard InChI is InChI=1S/C15H13N3O3S/c1-9-2-4-10(5-3-9)17-18-14-12-8-11(22(20)21)6-7-13(12)16-15(14)19/h2-8,17H,1H3,(H,20,21)(H,16,18,19). The van der Waals surface area contributed by atoms with Crippen LogP contribution in [0.1, 0.15) is 11.1 Å². The smallest absolute Gasteiger partial charge is 0.276 e. The summed E-state index contributed by atoms with van der Waals surface area (Å²) in [5, 5.41) is 6.79. The van der Waals surface area contributed by atoms with Gasteiger partial charge in [-0.3, -0.25) is 10.2 Å². The number of hydrogen-bond acceptors (Lipinski definition) is 4. The minimum absolute atomic E-state index is 0.183. The summed E-state index contributed by atoms with van der Waals surface area (Å²) in [6.45, 7) is 1.98. The zero-order valence-electron chi connectivity index (χ0n) is 11.7. The average molecular weight is 315 g/mol. The highest BCUT2D eigenvalue weighted by Crippen LogP contribution is 2.26. The summed E-state index contributed by atoms with van der Waals surface area (Å²) in [7, 11) is 0. The topological polar surface area (TPSA) is 90.8 Å². The van der Waals surface area contributed by atoms with Gasteiger partial charge in [-0.25, -0.2) is 4.21 Å². The van der Waals surface area contributed by atoms with E-state index in [1.165, 1.54) is 12.1 Å². The van der Waals surface area contributed by atoms with Crippen molar-refractivity contribution in [3.05, 3.63) is 53.6 Å². The van der Waals surface area contributed by atoms with E-state index < -0.39 is 11.1 Å². The summed E-state index contributed by atoms with van der Waals surface area (Å²) in [5.41, 5.74) is 5.96. The van der Waals surface area contributed by atoms with Crippen LogP contribution in [-0.2, 0) is 15.9 Å². The molecule has 1 aliphatic rings. The van der Waals surface area contributed by atoms with Crippen LogP contribution in [0.25, 0.3) is 0 Å². The average Bonchev–Trinajstić information content (AvgIpc) is 2.81. The molecule has 0 spiro atoms. The van der Waals surface area contributed by atoms with Gasteiger partial charge >= 0.3 is 0 Å². The summed E-state index contributed by atoms with van der Waals surface area (Å²) in [5.74, 6) is -0.351. The Bertz CT molecular complexity index is 800. The minimum Gasteiger partial charge on any atom is -0.320 e. The molecule has 0 aromatic heterocycles. The molecule has 22 heavy (non-hydrogen) atoms. The van der Waals surface area contributed by atoms with Gasteiger partial charge in [0.1, 0.15) is 0 Å². The van der Waals surface area contributed by atoms with Gasteiger partial charge in [-0.1, -0.05) is 17.7 Å². The fourth-order valence-electron chi connectivity index (χ4n) is 2.10. The molecule has 6 nitrogen and oxygen atoms in total. The summed E-state index contributed by atoms with van der Waals surface area (Å²) in [6, 6.07) is 12.1. The molecule has 0 fully saturated rings. The third kappa shape index (κ3) is 2.76. The van der Waals surface area contributed by atoms with E-state index in [2.05, 4.69) is 15.8 Å². The molecule has 112 valence electrons. The van der Waals surface area contributed by atoms with Gasteiger partial charge < -0.3 is 9.87 Å². The quantitative estimate of drug-likeness (QED) is 0.599. The maximum absolute atomic E-state index is 12.0. The second kappa shape index (κ2) is 5.70. The van der Waals surface area contributed by atoms with Crippen LogP contribution in [0.15, 0.2) is 52.5 Å². The predicted molar refractivity (Wildman–Crippen MR) is 85.4 cm³/mol. The Hall–Kier alpha value is -2.51. The summed E-state index contributed by atoms with van der Waals surface area (Å²) >= 11 is -2.10. The van der Waals surface area contributed by atoms with Gasteiger partial charge in [0.2, 0.25) is 0 Å². The number of carbonyl (C=O) groups is 1. The molecule has 0 radical (unpaired) electrons. The maximum Gasteiger partial charge on any atom is 0.276 e. The molecule has 1 heterocycles. The zero-order valence-corrected chi connectivity index (χ0v) is 12.5. The van der Waals surface area contributed by atoms with E-state index in [4.69, 9.17) is 4.55 Å². The van der Waals surface area contributed by atoms with Gasteiger partial charge in [0.25, 0.3) is 5.91 Å². The third-order valence-corrected chi connectivity index (χ3v) is 3.92. The summed E-state index contributed by atoms with van der Waals surface area (Å²) in [4.78, 5) is 12.2. The van der Waals surface area contributed by atoms with Crippen LogP contribution in [0.2, 0.25) is 0 Å². The van der Waals surface area contributed by atoms with E-state index in [0.29, 0.717) is 11.3 Å². The first-order chi connectivity index (χ1) is 10.5. The number of carbonyl (C=O) groups excluding carboxylic acids is 1. The predicted octanol–water partition coefficient (Wildman–Crippen LogP) is 2.34. The number of benzene rings is 2. The van der Waals surface area contributed by atoms with Crippen molar-refractivity contribution in [1.82, 2.24) is 0 Å². The number of hydrazone groups is 1. The maximum atomic E-state index is 12.0. The fourth-order valence-corrected chi connectivity index (χ4v) is 2.50. The number of aryl methyl sites for hydroxylation is 1. The van der Waals surface area contributed by atoms with Crippen molar-refractivity contribution >= 4 is 34.1 Å². The SMILES string of the molecule is Cc1ccc(N/N=C2\C(=O)Nc3ccc(S(=O)O)cc32)cc1. The first-order valence-corrected chi connectivity index (χ1v) is 7.62. The van der Waals surface area contributed by atoms with E-state index in [-0.39, 0.29) is 16.5 Å². The number of rotatable bonds is 3. The Morgan fingerprint density at radius 1 is 1.18 bits per heavy atom. The van der Waals surface area contributed by atoms with Gasteiger partial charge in [0.05, 0.1) is 16.3 Å². The van der Waals surface area contributed by atoms with Crippen LogP contribution in [-0.4, -0.2) is 20.4 Å². The third-order valence-electron chi connectivity index (χ3n) is 3.26. The lowest BCUT2D eigenvalue weighted by Crippen LogP contribution is -2.15. The van der Waals surface area contributed by atoms with E-state index in [0.717, 1.165) is 11.3 Å². The molecule has 1 unspecified atom stereocenters. The minimum atomic E-state index is -2.10. The van der Waals surface area contributed by atoms with E-state index in [1.54, 1.807) is 6.07 Å². The van der Waals surface area contributed by atoms with Crippen molar-refractivity contribution in [2.24, 2.45) is 5.10 Å². The monoisotopic (exact) mass is 315 g/mol. The van der Waals surface area contributed by atoms with Crippen LogP contribution in [0.5, 0.6) is 0 Å². The van der Waals surface area contributed by atoms with E-state index in [1.807, 2.05) is 31.2 Å². The largest absolute Gasteiger partial charge is 0.320 e. The number of anilines is 2. The second-order valence-electron chi connectivity index (χ2n) is 4.85. The van der Waals surface area contributed by atoms with Crippen LogP contribution >= 0.6 is 0 Å². The Kier molecular flexibility index (Phi) is 3.74. The van der Waals surface area contributed by atoms with E-state index >= 15 is 0 Å². The Labute approximate surface area is 129 Å². The molecule has 2 aromatic rings. The molecule has 0 aliphatic carbocycles. The van der Waals surface area contributed by atoms with E-state index in [9.17, 15) is 9.00 Å². The highest BCUT2D eigenvalue weighted by atomic mass is 32.2. The Balaban J connectivity index is 1.93. The number of fused-ring (bicyclic) bond motifs is 1. The molecule has 3 N–H and O–H groups in total. The lowest BCUT2D eigenvalue weighted by atomic mass is 10.1. The number of nitrogens with one attached hydrogen (secondary N) is 2. The van der Waals surface area contributed by atoms with Gasteiger partial charge in [-0.05, 0) is 37.3 Å². The van der Waals surface area contributed by atoms with Gasteiger partial charge in [0, 0.05) is 5.56 Å². The van der Waals surface area contributed by atoms with Crippen LogP contribution in [0.3, 0.4) is 0 Å². The van der Waals surface area contributed by atoms with Gasteiger partial charge in [-0.2, -0.15) is 5.10 Å². The highest BCUT2D eigenvalue weighted by molar-refractivity contribution is 7.79. The second-order valence-corrected chi connectivity index (χ2v) is 5.82. The molecule has 1 amide bonds. The number of nitrogens with zero attached hydrogens (tertiary/aromatic N) is 1. The van der Waals surface area contributed by atoms with Crippen molar-refractivity contribution in [2.45, 2.75) is 11.8 Å². The fraction of sp³-hybridized carbons (Fsp3) is 0.0667. The molecule has 7 heteroatoms. The van der Waals surface area contributed by atoms with Crippen molar-refractivity contribution in [3.8, 4) is 0 Å².